The average Bonchev–Trinajstić information content (AvgIpc) is 3.24. The van der Waals surface area contributed by atoms with Gasteiger partial charge in [0.05, 0.1) is 6.61 Å². The highest BCUT2D eigenvalue weighted by Gasteiger charge is 2.52. The first-order valence-corrected chi connectivity index (χ1v) is 26.5. The quantitative estimate of drug-likeness (QED) is 0.0422. The first kappa shape index (κ1) is 57.8. The van der Waals surface area contributed by atoms with Crippen LogP contribution >= 0.6 is 0 Å². The minimum absolute atomic E-state index is 0.230. The number of Topliss-reactive ketones (excluding diaryl/α,β-unsaturated/α-hetero) is 1. The van der Waals surface area contributed by atoms with Gasteiger partial charge in [-0.25, -0.2) is 0 Å². The number of carbonyl (C=O) groups is 1. The SMILES string of the molecule is CCCCC/C=C\C/C=C\CCCCCCCCC(O)(CCCCCCCC/C=C\CCCCCCCC)C(O)(CO)C(=O)CCCCCCCCCCCCCCC. The molecule has 0 rings (SSSR count). The second-order valence-corrected chi connectivity index (χ2v) is 18.5. The minimum atomic E-state index is -2.08. The highest BCUT2D eigenvalue weighted by molar-refractivity contribution is 5.88. The Morgan fingerprint density at radius 2 is 0.644 bits per heavy atom. The van der Waals surface area contributed by atoms with Gasteiger partial charge in [-0.3, -0.25) is 4.79 Å². The summed E-state index contributed by atoms with van der Waals surface area (Å²) in [5.74, 6) is -0.366. The van der Waals surface area contributed by atoms with E-state index in [-0.39, 0.29) is 12.2 Å². The summed E-state index contributed by atoms with van der Waals surface area (Å²) in [7, 11) is 0. The lowest BCUT2D eigenvalue weighted by molar-refractivity contribution is -0.190. The van der Waals surface area contributed by atoms with Crippen LogP contribution in [-0.2, 0) is 4.79 Å². The Hall–Kier alpha value is -1.23. The molecule has 0 saturated heterocycles. The third kappa shape index (κ3) is 35.0. The molecule has 0 aliphatic carbocycles. The monoisotopic (exact) mass is 829 g/mol. The molecular formula is C55H104O4. The van der Waals surface area contributed by atoms with E-state index in [0.717, 1.165) is 70.6 Å². The summed E-state index contributed by atoms with van der Waals surface area (Å²) in [5.41, 5.74) is -3.66. The van der Waals surface area contributed by atoms with Crippen LogP contribution in [0, 0.1) is 0 Å². The number of ketones is 1. The van der Waals surface area contributed by atoms with E-state index in [4.69, 9.17) is 0 Å². The summed E-state index contributed by atoms with van der Waals surface area (Å²) < 4.78 is 0. The molecule has 0 bridgehead atoms. The smallest absolute Gasteiger partial charge is 0.174 e. The fraction of sp³-hybridized carbons (Fsp3) is 0.873. The standard InChI is InChI=1S/C55H104O4/c1-4-7-10-13-16-19-22-25-27-29-32-35-38-41-44-47-50-54(58,51-48-45-42-39-36-33-30-28-26-23-20-17-14-11-8-5-2)55(59,52-56)53(57)49-46-43-40-37-34-31-24-21-18-15-12-9-6-3/h16,19,25-28,56,58-59H,4-15,17-18,20-24,29-52H2,1-3H3/b19-16-,27-25-,28-26-. The van der Waals surface area contributed by atoms with Crippen molar-refractivity contribution >= 4 is 5.78 Å². The van der Waals surface area contributed by atoms with E-state index in [9.17, 15) is 20.1 Å². The predicted octanol–water partition coefficient (Wildman–Crippen LogP) is 17.1. The Labute approximate surface area is 369 Å². The van der Waals surface area contributed by atoms with Crippen LogP contribution in [0.25, 0.3) is 0 Å². The van der Waals surface area contributed by atoms with E-state index in [1.165, 1.54) is 173 Å². The molecule has 4 heteroatoms. The molecule has 0 aromatic heterocycles. The summed E-state index contributed by atoms with van der Waals surface area (Å²) in [4.78, 5) is 13.6. The molecular weight excluding hydrogens is 725 g/mol. The van der Waals surface area contributed by atoms with Crippen molar-refractivity contribution < 1.29 is 20.1 Å². The second kappa shape index (κ2) is 44.8. The van der Waals surface area contributed by atoms with Crippen LogP contribution in [-0.4, -0.2) is 38.9 Å². The summed E-state index contributed by atoms with van der Waals surface area (Å²) >= 11 is 0. The van der Waals surface area contributed by atoms with Gasteiger partial charge in [-0.2, -0.15) is 0 Å². The van der Waals surface area contributed by atoms with Gasteiger partial charge in [-0.1, -0.05) is 243 Å². The van der Waals surface area contributed by atoms with Gasteiger partial charge in [0, 0.05) is 6.42 Å². The topological polar surface area (TPSA) is 77.8 Å². The van der Waals surface area contributed by atoms with Crippen LogP contribution in [0.1, 0.15) is 290 Å². The van der Waals surface area contributed by atoms with E-state index in [0.29, 0.717) is 19.3 Å². The molecule has 2 atom stereocenters. The number of rotatable bonds is 48. The molecule has 348 valence electrons. The van der Waals surface area contributed by atoms with Crippen LogP contribution in [0.15, 0.2) is 36.5 Å². The fourth-order valence-electron chi connectivity index (χ4n) is 8.61. The molecule has 0 radical (unpaired) electrons. The molecule has 3 N–H and O–H groups in total. The van der Waals surface area contributed by atoms with Crippen molar-refractivity contribution in [2.45, 2.75) is 302 Å². The van der Waals surface area contributed by atoms with Gasteiger partial charge in [-0.05, 0) is 77.0 Å². The van der Waals surface area contributed by atoms with Crippen molar-refractivity contribution in [1.29, 1.82) is 0 Å². The summed E-state index contributed by atoms with van der Waals surface area (Å²) in [5, 5.41) is 34.4. The van der Waals surface area contributed by atoms with Crippen molar-refractivity contribution in [2.75, 3.05) is 6.61 Å². The molecule has 0 fully saturated rings. The minimum Gasteiger partial charge on any atom is -0.393 e. The maximum absolute atomic E-state index is 13.6. The molecule has 0 heterocycles. The van der Waals surface area contributed by atoms with Crippen molar-refractivity contribution in [3.63, 3.8) is 0 Å². The van der Waals surface area contributed by atoms with Gasteiger partial charge in [0.1, 0.15) is 5.60 Å². The van der Waals surface area contributed by atoms with Crippen molar-refractivity contribution in [3.8, 4) is 0 Å². The zero-order valence-electron chi connectivity index (χ0n) is 40.1. The third-order valence-electron chi connectivity index (χ3n) is 12.9. The van der Waals surface area contributed by atoms with E-state index < -0.39 is 17.8 Å². The maximum Gasteiger partial charge on any atom is 0.174 e. The largest absolute Gasteiger partial charge is 0.393 e. The van der Waals surface area contributed by atoms with E-state index >= 15 is 0 Å². The Balaban J connectivity index is 4.70. The maximum atomic E-state index is 13.6. The average molecular weight is 829 g/mol. The lowest BCUT2D eigenvalue weighted by atomic mass is 9.72. The van der Waals surface area contributed by atoms with Gasteiger partial charge in [-0.15, -0.1) is 0 Å². The van der Waals surface area contributed by atoms with Gasteiger partial charge in [0.25, 0.3) is 0 Å². The number of aliphatic hydroxyl groups excluding tert-OH is 1. The Kier molecular flexibility index (Phi) is 43.9. The zero-order chi connectivity index (χ0) is 43.2. The van der Waals surface area contributed by atoms with Crippen LogP contribution in [0.4, 0.5) is 0 Å². The summed E-state index contributed by atoms with van der Waals surface area (Å²) in [6, 6.07) is 0. The first-order valence-electron chi connectivity index (χ1n) is 26.5. The number of aliphatic hydroxyl groups is 3. The van der Waals surface area contributed by atoms with E-state index in [2.05, 4.69) is 57.2 Å². The molecule has 0 spiro atoms. The van der Waals surface area contributed by atoms with Gasteiger partial charge in [0.2, 0.25) is 0 Å². The highest BCUT2D eigenvalue weighted by atomic mass is 16.4. The van der Waals surface area contributed by atoms with Gasteiger partial charge in [0.15, 0.2) is 11.4 Å². The molecule has 0 aliphatic heterocycles. The normalized spacial score (nSPS) is 14.3. The molecule has 0 aliphatic rings. The van der Waals surface area contributed by atoms with Crippen LogP contribution in [0.2, 0.25) is 0 Å². The van der Waals surface area contributed by atoms with Crippen molar-refractivity contribution in [1.82, 2.24) is 0 Å². The lowest BCUT2D eigenvalue weighted by Gasteiger charge is -2.42. The van der Waals surface area contributed by atoms with Crippen LogP contribution in [0.3, 0.4) is 0 Å². The summed E-state index contributed by atoms with van der Waals surface area (Å²) in [6.07, 6.45) is 61.6. The Bertz CT molecular complexity index is 955. The number of hydrogen-bond acceptors (Lipinski definition) is 4. The van der Waals surface area contributed by atoms with Crippen LogP contribution < -0.4 is 0 Å². The predicted molar refractivity (Wildman–Crippen MR) is 260 cm³/mol. The molecule has 59 heavy (non-hydrogen) atoms. The van der Waals surface area contributed by atoms with Gasteiger partial charge >= 0.3 is 0 Å². The Morgan fingerprint density at radius 1 is 0.373 bits per heavy atom. The fourth-order valence-corrected chi connectivity index (χ4v) is 8.61. The van der Waals surface area contributed by atoms with E-state index in [1.807, 2.05) is 0 Å². The van der Waals surface area contributed by atoms with Crippen LogP contribution in [0.5, 0.6) is 0 Å². The lowest BCUT2D eigenvalue weighted by Crippen LogP contribution is -2.61. The summed E-state index contributed by atoms with van der Waals surface area (Å²) in [6.45, 7) is 6.09. The number of unbranched alkanes of at least 4 members (excludes halogenated alkanes) is 33. The molecule has 0 aromatic rings. The third-order valence-corrected chi connectivity index (χ3v) is 12.9. The molecule has 0 saturated carbocycles. The zero-order valence-corrected chi connectivity index (χ0v) is 40.1. The van der Waals surface area contributed by atoms with Crippen molar-refractivity contribution in [2.24, 2.45) is 0 Å². The number of hydrogen-bond donors (Lipinski definition) is 3. The number of allylic oxidation sites excluding steroid dienone is 6. The van der Waals surface area contributed by atoms with E-state index in [1.54, 1.807) is 0 Å². The van der Waals surface area contributed by atoms with Gasteiger partial charge < -0.3 is 15.3 Å². The molecule has 4 nitrogen and oxygen atoms in total. The molecule has 2 unspecified atom stereocenters. The molecule has 0 amide bonds. The highest BCUT2D eigenvalue weighted by Crippen LogP contribution is 2.36. The number of carbonyl (C=O) groups excluding carboxylic acids is 1. The molecule has 0 aromatic carbocycles. The first-order chi connectivity index (χ1) is 28.9. The Morgan fingerprint density at radius 3 is 1.00 bits per heavy atom. The second-order valence-electron chi connectivity index (χ2n) is 18.5. The van der Waals surface area contributed by atoms with Crippen molar-refractivity contribution in [3.05, 3.63) is 36.5 Å².